The van der Waals surface area contributed by atoms with Crippen LogP contribution < -0.4 is 5.73 Å². The third kappa shape index (κ3) is 5.97. The van der Waals surface area contributed by atoms with E-state index in [2.05, 4.69) is 28.7 Å². The summed E-state index contributed by atoms with van der Waals surface area (Å²) in [6, 6.07) is 1.81. The second-order valence-corrected chi connectivity index (χ2v) is 4.57. The molecule has 0 fully saturated rings. The number of nitrogens with one attached hydrogen (secondary N) is 1. The minimum absolute atomic E-state index is 0.229. The minimum Gasteiger partial charge on any atom is -0.388 e. The van der Waals surface area contributed by atoms with Crippen molar-refractivity contribution in [1.82, 2.24) is 14.9 Å². The standard InChI is InChI=1S/C12H21N5/c1-10(2)8-17(7-4-11(13)14)9-12-15-5-3-6-16-12/h3,5-6,10H,4,7-9H2,1-2H3,(H3,13,14). The van der Waals surface area contributed by atoms with Crippen LogP contribution in [0, 0.1) is 11.3 Å². The summed E-state index contributed by atoms with van der Waals surface area (Å²) in [7, 11) is 0. The summed E-state index contributed by atoms with van der Waals surface area (Å²) in [6.45, 7) is 6.81. The molecule has 0 bridgehead atoms. The highest BCUT2D eigenvalue weighted by atomic mass is 15.1. The van der Waals surface area contributed by atoms with E-state index in [0.717, 1.165) is 18.9 Å². The Labute approximate surface area is 103 Å². The third-order valence-corrected chi connectivity index (χ3v) is 2.30. The van der Waals surface area contributed by atoms with Crippen LogP contribution in [-0.2, 0) is 6.54 Å². The fourth-order valence-electron chi connectivity index (χ4n) is 1.64. The summed E-state index contributed by atoms with van der Waals surface area (Å²) >= 11 is 0. The topological polar surface area (TPSA) is 78.9 Å². The van der Waals surface area contributed by atoms with Gasteiger partial charge in [-0.1, -0.05) is 13.8 Å². The smallest absolute Gasteiger partial charge is 0.142 e. The molecule has 94 valence electrons. The van der Waals surface area contributed by atoms with E-state index in [-0.39, 0.29) is 5.84 Å². The average Bonchev–Trinajstić information content (AvgIpc) is 2.26. The number of rotatable bonds is 7. The Kier molecular flexibility index (Phi) is 5.56. The van der Waals surface area contributed by atoms with Crippen LogP contribution in [0.4, 0.5) is 0 Å². The Balaban J connectivity index is 2.53. The van der Waals surface area contributed by atoms with Crippen molar-refractivity contribution in [3.8, 4) is 0 Å². The van der Waals surface area contributed by atoms with Crippen molar-refractivity contribution >= 4 is 5.84 Å². The van der Waals surface area contributed by atoms with Crippen LogP contribution in [0.3, 0.4) is 0 Å². The summed E-state index contributed by atoms with van der Waals surface area (Å²) < 4.78 is 0. The highest BCUT2D eigenvalue weighted by molar-refractivity contribution is 5.76. The Bertz CT molecular complexity index is 336. The Morgan fingerprint density at radius 3 is 2.59 bits per heavy atom. The van der Waals surface area contributed by atoms with Gasteiger partial charge in [-0.2, -0.15) is 0 Å². The van der Waals surface area contributed by atoms with Crippen LogP contribution in [0.15, 0.2) is 18.5 Å². The molecule has 0 aromatic carbocycles. The van der Waals surface area contributed by atoms with Gasteiger partial charge in [0, 0.05) is 31.9 Å². The van der Waals surface area contributed by atoms with Crippen LogP contribution in [0.25, 0.3) is 0 Å². The molecule has 0 aliphatic heterocycles. The highest BCUT2D eigenvalue weighted by Crippen LogP contribution is 2.04. The Morgan fingerprint density at radius 1 is 1.41 bits per heavy atom. The van der Waals surface area contributed by atoms with Gasteiger partial charge in [-0.25, -0.2) is 9.97 Å². The molecule has 1 aromatic rings. The molecule has 0 unspecified atom stereocenters. The van der Waals surface area contributed by atoms with Gasteiger partial charge in [0.25, 0.3) is 0 Å². The minimum atomic E-state index is 0.229. The molecule has 0 radical (unpaired) electrons. The lowest BCUT2D eigenvalue weighted by atomic mass is 10.2. The predicted octanol–water partition coefficient (Wildman–Crippen LogP) is 1.26. The van der Waals surface area contributed by atoms with Crippen LogP contribution in [0.2, 0.25) is 0 Å². The van der Waals surface area contributed by atoms with E-state index in [4.69, 9.17) is 11.1 Å². The number of hydrogen-bond donors (Lipinski definition) is 2. The first kappa shape index (κ1) is 13.6. The van der Waals surface area contributed by atoms with Gasteiger partial charge in [0.2, 0.25) is 0 Å². The van der Waals surface area contributed by atoms with E-state index in [1.807, 2.05) is 6.07 Å². The predicted molar refractivity (Wildman–Crippen MR) is 68.7 cm³/mol. The fraction of sp³-hybridized carbons (Fsp3) is 0.583. The maximum absolute atomic E-state index is 7.27. The lowest BCUT2D eigenvalue weighted by Crippen LogP contribution is -2.31. The summed E-state index contributed by atoms with van der Waals surface area (Å²) in [5.74, 6) is 1.62. The van der Waals surface area contributed by atoms with Crippen molar-refractivity contribution in [2.45, 2.75) is 26.8 Å². The van der Waals surface area contributed by atoms with Gasteiger partial charge in [0.05, 0.1) is 12.4 Å². The molecule has 0 aliphatic rings. The van der Waals surface area contributed by atoms with Crippen molar-refractivity contribution in [2.24, 2.45) is 11.7 Å². The van der Waals surface area contributed by atoms with E-state index in [1.54, 1.807) is 12.4 Å². The quantitative estimate of drug-likeness (QED) is 0.551. The van der Waals surface area contributed by atoms with Gasteiger partial charge in [-0.3, -0.25) is 10.3 Å². The molecule has 17 heavy (non-hydrogen) atoms. The molecule has 1 heterocycles. The molecule has 0 saturated carbocycles. The molecule has 1 aromatic heterocycles. The maximum Gasteiger partial charge on any atom is 0.142 e. The fourth-order valence-corrected chi connectivity index (χ4v) is 1.64. The summed E-state index contributed by atoms with van der Waals surface area (Å²) in [4.78, 5) is 10.7. The molecule has 0 spiro atoms. The van der Waals surface area contributed by atoms with Gasteiger partial charge in [-0.05, 0) is 12.0 Å². The van der Waals surface area contributed by atoms with Gasteiger partial charge < -0.3 is 5.73 Å². The van der Waals surface area contributed by atoms with E-state index in [1.165, 1.54) is 0 Å². The molecule has 5 heteroatoms. The number of nitrogens with zero attached hydrogens (tertiary/aromatic N) is 3. The molecular weight excluding hydrogens is 214 g/mol. The van der Waals surface area contributed by atoms with Gasteiger partial charge >= 0.3 is 0 Å². The SMILES string of the molecule is CC(C)CN(CCC(=N)N)Cc1ncccn1. The summed E-state index contributed by atoms with van der Waals surface area (Å²) in [5.41, 5.74) is 5.39. The average molecular weight is 235 g/mol. The zero-order valence-electron chi connectivity index (χ0n) is 10.6. The van der Waals surface area contributed by atoms with E-state index in [9.17, 15) is 0 Å². The lowest BCUT2D eigenvalue weighted by Gasteiger charge is -2.23. The summed E-state index contributed by atoms with van der Waals surface area (Å²) in [6.07, 6.45) is 4.10. The zero-order valence-corrected chi connectivity index (χ0v) is 10.6. The molecule has 5 nitrogen and oxygen atoms in total. The second kappa shape index (κ2) is 6.96. The van der Waals surface area contributed by atoms with Crippen molar-refractivity contribution < 1.29 is 0 Å². The number of nitrogens with two attached hydrogens (primary N) is 1. The number of hydrogen-bond acceptors (Lipinski definition) is 4. The first-order valence-electron chi connectivity index (χ1n) is 5.89. The van der Waals surface area contributed by atoms with Crippen molar-refractivity contribution in [2.75, 3.05) is 13.1 Å². The molecule has 1 rings (SSSR count). The Morgan fingerprint density at radius 2 is 2.06 bits per heavy atom. The zero-order chi connectivity index (χ0) is 12.7. The lowest BCUT2D eigenvalue weighted by molar-refractivity contribution is 0.236. The van der Waals surface area contributed by atoms with Crippen LogP contribution >= 0.6 is 0 Å². The van der Waals surface area contributed by atoms with Gasteiger partial charge in [-0.15, -0.1) is 0 Å². The summed E-state index contributed by atoms with van der Waals surface area (Å²) in [5, 5.41) is 7.27. The molecule has 0 atom stereocenters. The van der Waals surface area contributed by atoms with Crippen molar-refractivity contribution in [3.63, 3.8) is 0 Å². The Hall–Kier alpha value is -1.49. The van der Waals surface area contributed by atoms with Crippen molar-refractivity contribution in [3.05, 3.63) is 24.3 Å². The van der Waals surface area contributed by atoms with Crippen LogP contribution in [-0.4, -0.2) is 33.8 Å². The van der Waals surface area contributed by atoms with Gasteiger partial charge in [0.15, 0.2) is 0 Å². The molecule has 3 N–H and O–H groups in total. The first-order chi connectivity index (χ1) is 8.08. The molecular formula is C12H21N5. The van der Waals surface area contributed by atoms with Crippen molar-refractivity contribution in [1.29, 1.82) is 5.41 Å². The first-order valence-corrected chi connectivity index (χ1v) is 5.89. The van der Waals surface area contributed by atoms with Crippen LogP contribution in [0.5, 0.6) is 0 Å². The highest BCUT2D eigenvalue weighted by Gasteiger charge is 2.09. The normalized spacial score (nSPS) is 11.1. The van der Waals surface area contributed by atoms with Gasteiger partial charge in [0.1, 0.15) is 5.82 Å². The molecule has 0 aliphatic carbocycles. The van der Waals surface area contributed by atoms with E-state index >= 15 is 0 Å². The molecule has 0 saturated heterocycles. The monoisotopic (exact) mass is 235 g/mol. The third-order valence-electron chi connectivity index (χ3n) is 2.30. The second-order valence-electron chi connectivity index (χ2n) is 4.57. The van der Waals surface area contributed by atoms with E-state index in [0.29, 0.717) is 18.9 Å². The number of amidine groups is 1. The molecule has 0 amide bonds. The van der Waals surface area contributed by atoms with Crippen LogP contribution in [0.1, 0.15) is 26.1 Å². The van der Waals surface area contributed by atoms with E-state index < -0.39 is 0 Å². The largest absolute Gasteiger partial charge is 0.388 e. The number of aromatic nitrogens is 2. The maximum atomic E-state index is 7.27.